The number of benzene rings is 1. The van der Waals surface area contributed by atoms with Crippen LogP contribution < -0.4 is 0 Å². The van der Waals surface area contributed by atoms with Gasteiger partial charge >= 0.3 is 5.97 Å². The molecule has 0 saturated carbocycles. The zero-order valence-corrected chi connectivity index (χ0v) is 14.7. The average Bonchev–Trinajstić information content (AvgIpc) is 2.97. The Kier molecular flexibility index (Phi) is 5.88. The van der Waals surface area contributed by atoms with Crippen LogP contribution in [0, 0.1) is 19.8 Å². The lowest BCUT2D eigenvalue weighted by Gasteiger charge is -2.10. The number of methoxy groups -OCH3 is 1. The van der Waals surface area contributed by atoms with Crippen LogP contribution in [0.4, 0.5) is 0 Å². The van der Waals surface area contributed by atoms with Gasteiger partial charge in [-0.2, -0.15) is 4.37 Å². The van der Waals surface area contributed by atoms with E-state index < -0.39 is 0 Å². The van der Waals surface area contributed by atoms with Crippen molar-refractivity contribution in [3.8, 4) is 11.3 Å². The molecular formula is C19H21NO2S. The number of carbonyl (C=O) groups excluding carboxylic acids is 1. The first-order chi connectivity index (χ1) is 11.1. The minimum atomic E-state index is -0.381. The van der Waals surface area contributed by atoms with Crippen molar-refractivity contribution in [2.75, 3.05) is 7.11 Å². The Labute approximate surface area is 141 Å². The molecule has 23 heavy (non-hydrogen) atoms. The molecule has 120 valence electrons. The van der Waals surface area contributed by atoms with E-state index in [1.54, 1.807) is 0 Å². The smallest absolute Gasteiger partial charge is 0.316 e. The molecule has 0 aliphatic carbocycles. The Morgan fingerprint density at radius 1 is 1.26 bits per heavy atom. The summed E-state index contributed by atoms with van der Waals surface area (Å²) in [5, 5.41) is 2.04. The monoisotopic (exact) mass is 327 g/mol. The number of hydrogen-bond donors (Lipinski definition) is 0. The van der Waals surface area contributed by atoms with Crippen LogP contribution >= 0.6 is 11.5 Å². The Morgan fingerprint density at radius 3 is 2.65 bits per heavy atom. The fraction of sp³-hybridized carbons (Fsp3) is 0.263. The number of aromatic nitrogens is 1. The van der Waals surface area contributed by atoms with Gasteiger partial charge in [0.25, 0.3) is 0 Å². The van der Waals surface area contributed by atoms with Crippen LogP contribution in [0.15, 0.2) is 41.8 Å². The number of ether oxygens (including phenoxy) is 1. The molecule has 0 N–H and O–H groups in total. The van der Waals surface area contributed by atoms with Crippen LogP contribution in [0.25, 0.3) is 17.3 Å². The van der Waals surface area contributed by atoms with Gasteiger partial charge in [0.1, 0.15) is 0 Å². The summed E-state index contributed by atoms with van der Waals surface area (Å²) in [5.41, 5.74) is 5.48. The Morgan fingerprint density at radius 2 is 2.04 bits per heavy atom. The van der Waals surface area contributed by atoms with Crippen LogP contribution in [0.1, 0.15) is 23.6 Å². The third kappa shape index (κ3) is 3.96. The summed E-state index contributed by atoms with van der Waals surface area (Å²) in [6, 6.07) is 6.16. The Balaban J connectivity index is 2.45. The minimum absolute atomic E-state index is 0.265. The number of rotatable bonds is 5. The maximum absolute atomic E-state index is 11.8. The first kappa shape index (κ1) is 17.2. The van der Waals surface area contributed by atoms with Gasteiger partial charge in [-0.3, -0.25) is 4.79 Å². The van der Waals surface area contributed by atoms with E-state index in [1.807, 2.05) is 42.7 Å². The molecule has 0 radical (unpaired) electrons. The van der Waals surface area contributed by atoms with Gasteiger partial charge in [0.15, 0.2) is 0 Å². The normalized spacial score (nSPS) is 12.9. The molecule has 0 aliphatic rings. The van der Waals surface area contributed by atoms with Crippen LogP contribution in [0.5, 0.6) is 0 Å². The SMILES string of the molecule is C/C=C\C(/C=C\c1c(C)cccc1-c1nscc1C)C(=O)OC. The zero-order chi connectivity index (χ0) is 16.8. The largest absolute Gasteiger partial charge is 0.468 e. The van der Waals surface area contributed by atoms with E-state index in [0.29, 0.717) is 0 Å². The van der Waals surface area contributed by atoms with Gasteiger partial charge in [0.2, 0.25) is 0 Å². The Bertz CT molecular complexity index is 744. The second-order valence-corrected chi connectivity index (χ2v) is 5.95. The van der Waals surface area contributed by atoms with Crippen LogP contribution in [-0.2, 0) is 9.53 Å². The van der Waals surface area contributed by atoms with Crippen LogP contribution in [0.3, 0.4) is 0 Å². The van der Waals surface area contributed by atoms with Gasteiger partial charge in [-0.1, -0.05) is 42.5 Å². The Hall–Kier alpha value is -2.20. The predicted octanol–water partition coefficient (Wildman–Crippen LogP) is 4.81. The van der Waals surface area contributed by atoms with Gasteiger partial charge in [0, 0.05) is 10.9 Å². The molecule has 0 fully saturated rings. The molecule has 0 amide bonds. The summed E-state index contributed by atoms with van der Waals surface area (Å²) >= 11 is 1.46. The molecule has 2 rings (SSSR count). The molecule has 1 unspecified atom stereocenters. The van der Waals surface area contributed by atoms with Crippen molar-refractivity contribution < 1.29 is 9.53 Å². The molecule has 0 spiro atoms. The van der Waals surface area contributed by atoms with Crippen LogP contribution in [0.2, 0.25) is 0 Å². The molecular weight excluding hydrogens is 306 g/mol. The molecule has 1 aromatic carbocycles. The molecule has 0 saturated heterocycles. The fourth-order valence-electron chi connectivity index (χ4n) is 2.42. The van der Waals surface area contributed by atoms with E-state index in [1.165, 1.54) is 18.6 Å². The highest BCUT2D eigenvalue weighted by atomic mass is 32.1. The third-order valence-corrected chi connectivity index (χ3v) is 4.42. The minimum Gasteiger partial charge on any atom is -0.468 e. The van der Waals surface area contributed by atoms with E-state index in [9.17, 15) is 4.79 Å². The van der Waals surface area contributed by atoms with Gasteiger partial charge in [-0.05, 0) is 49.0 Å². The van der Waals surface area contributed by atoms with E-state index in [2.05, 4.69) is 30.4 Å². The van der Waals surface area contributed by atoms with Gasteiger partial charge in [-0.15, -0.1) is 0 Å². The molecule has 3 nitrogen and oxygen atoms in total. The maximum atomic E-state index is 11.8. The number of allylic oxidation sites excluding steroid dienone is 1. The van der Waals surface area contributed by atoms with Crippen molar-refractivity contribution in [1.82, 2.24) is 4.37 Å². The lowest BCUT2D eigenvalue weighted by Crippen LogP contribution is -2.11. The molecule has 0 bridgehead atoms. The van der Waals surface area contributed by atoms with Crippen molar-refractivity contribution in [1.29, 1.82) is 0 Å². The first-order valence-electron chi connectivity index (χ1n) is 7.48. The van der Waals surface area contributed by atoms with Gasteiger partial charge < -0.3 is 4.74 Å². The number of nitrogens with zero attached hydrogens (tertiary/aromatic N) is 1. The number of carbonyl (C=O) groups is 1. The second-order valence-electron chi connectivity index (χ2n) is 5.32. The molecule has 1 atom stereocenters. The molecule has 0 aliphatic heterocycles. The lowest BCUT2D eigenvalue weighted by molar-refractivity contribution is -0.142. The summed E-state index contributed by atoms with van der Waals surface area (Å²) in [4.78, 5) is 11.8. The molecule has 1 heterocycles. The summed E-state index contributed by atoms with van der Waals surface area (Å²) in [6.07, 6.45) is 7.55. The standard InChI is InChI=1S/C19H21NO2S/c1-5-7-15(19(21)22-4)10-11-16-13(2)8-6-9-17(16)18-14(3)12-23-20-18/h5-12,15H,1-4H3/b7-5-,11-10-. The van der Waals surface area contributed by atoms with Crippen molar-refractivity contribution >= 4 is 23.6 Å². The maximum Gasteiger partial charge on any atom is 0.316 e. The van der Waals surface area contributed by atoms with Crippen molar-refractivity contribution in [3.05, 3.63) is 58.5 Å². The summed E-state index contributed by atoms with van der Waals surface area (Å²) in [7, 11) is 1.41. The fourth-order valence-corrected chi connectivity index (χ4v) is 3.09. The van der Waals surface area contributed by atoms with Crippen molar-refractivity contribution in [2.45, 2.75) is 20.8 Å². The number of hydrogen-bond acceptors (Lipinski definition) is 4. The average molecular weight is 327 g/mol. The van der Waals surface area contributed by atoms with Crippen molar-refractivity contribution in [2.24, 2.45) is 5.92 Å². The quantitative estimate of drug-likeness (QED) is 0.584. The predicted molar refractivity (Wildman–Crippen MR) is 96.4 cm³/mol. The summed E-state index contributed by atoms with van der Waals surface area (Å²) in [6.45, 7) is 6.01. The van der Waals surface area contributed by atoms with Crippen LogP contribution in [-0.4, -0.2) is 17.5 Å². The van der Waals surface area contributed by atoms with E-state index in [0.717, 1.165) is 27.9 Å². The topological polar surface area (TPSA) is 39.2 Å². The molecule has 1 aromatic heterocycles. The molecule has 4 heteroatoms. The van der Waals surface area contributed by atoms with E-state index in [4.69, 9.17) is 4.74 Å². The highest BCUT2D eigenvalue weighted by molar-refractivity contribution is 7.04. The third-order valence-electron chi connectivity index (χ3n) is 3.67. The summed E-state index contributed by atoms with van der Waals surface area (Å²) in [5.74, 6) is -0.645. The highest BCUT2D eigenvalue weighted by Gasteiger charge is 2.14. The summed E-state index contributed by atoms with van der Waals surface area (Å²) < 4.78 is 9.36. The van der Waals surface area contributed by atoms with E-state index >= 15 is 0 Å². The van der Waals surface area contributed by atoms with E-state index in [-0.39, 0.29) is 11.9 Å². The highest BCUT2D eigenvalue weighted by Crippen LogP contribution is 2.30. The number of aryl methyl sites for hydroxylation is 2. The second kappa shape index (κ2) is 7.88. The first-order valence-corrected chi connectivity index (χ1v) is 8.32. The van der Waals surface area contributed by atoms with Gasteiger partial charge in [0.05, 0.1) is 18.7 Å². The molecule has 2 aromatic rings. The zero-order valence-electron chi connectivity index (χ0n) is 13.9. The lowest BCUT2D eigenvalue weighted by atomic mass is 9.96. The number of esters is 1. The van der Waals surface area contributed by atoms with Gasteiger partial charge in [-0.25, -0.2) is 0 Å². The van der Waals surface area contributed by atoms with Crippen molar-refractivity contribution in [3.63, 3.8) is 0 Å².